The van der Waals surface area contributed by atoms with Gasteiger partial charge >= 0.3 is 12.0 Å². The standard InChI is InChI=1S/C11H14N4O3/c1-7-4-15(5-9(7)10(16)17)11(18)14-8-2-12-6-13-3-8/h2-3,6-7,9H,4-5H2,1H3,(H,14,18)(H,16,17)/t7-,9-/m1/s1. The summed E-state index contributed by atoms with van der Waals surface area (Å²) in [7, 11) is 0. The van der Waals surface area contributed by atoms with Gasteiger partial charge in [0.2, 0.25) is 0 Å². The molecule has 0 spiro atoms. The van der Waals surface area contributed by atoms with Gasteiger partial charge in [-0.15, -0.1) is 0 Å². The van der Waals surface area contributed by atoms with E-state index < -0.39 is 11.9 Å². The third-order valence-electron chi connectivity index (χ3n) is 3.03. The lowest BCUT2D eigenvalue weighted by molar-refractivity contribution is -0.142. The van der Waals surface area contributed by atoms with Gasteiger partial charge in [-0.1, -0.05) is 6.92 Å². The minimum Gasteiger partial charge on any atom is -0.481 e. The van der Waals surface area contributed by atoms with Crippen LogP contribution in [0.25, 0.3) is 0 Å². The van der Waals surface area contributed by atoms with Gasteiger partial charge in [0.25, 0.3) is 0 Å². The molecule has 7 heteroatoms. The Morgan fingerprint density at radius 1 is 1.39 bits per heavy atom. The van der Waals surface area contributed by atoms with Crippen LogP contribution in [0.15, 0.2) is 18.7 Å². The maximum Gasteiger partial charge on any atom is 0.321 e. The monoisotopic (exact) mass is 250 g/mol. The number of carboxylic acids is 1. The Labute approximate surface area is 104 Å². The first-order chi connectivity index (χ1) is 8.58. The minimum absolute atomic E-state index is 0.0414. The van der Waals surface area contributed by atoms with E-state index in [4.69, 9.17) is 5.11 Å². The number of rotatable bonds is 2. The molecule has 2 N–H and O–H groups in total. The highest BCUT2D eigenvalue weighted by atomic mass is 16.4. The van der Waals surface area contributed by atoms with Gasteiger partial charge in [0, 0.05) is 13.1 Å². The zero-order valence-electron chi connectivity index (χ0n) is 9.91. The number of amides is 2. The van der Waals surface area contributed by atoms with E-state index in [-0.39, 0.29) is 18.5 Å². The Bertz CT molecular complexity index is 451. The fraction of sp³-hybridized carbons (Fsp3) is 0.455. The van der Waals surface area contributed by atoms with Crippen molar-refractivity contribution in [2.75, 3.05) is 18.4 Å². The molecule has 2 amide bonds. The van der Waals surface area contributed by atoms with Gasteiger partial charge < -0.3 is 15.3 Å². The summed E-state index contributed by atoms with van der Waals surface area (Å²) >= 11 is 0. The van der Waals surface area contributed by atoms with Gasteiger partial charge in [-0.25, -0.2) is 14.8 Å². The van der Waals surface area contributed by atoms with Crippen LogP contribution in [0.4, 0.5) is 10.5 Å². The number of carbonyl (C=O) groups excluding carboxylic acids is 1. The average molecular weight is 250 g/mol. The molecule has 0 bridgehead atoms. The SMILES string of the molecule is C[C@@H]1CN(C(=O)Nc2cncnc2)C[C@H]1C(=O)O. The Morgan fingerprint density at radius 3 is 2.61 bits per heavy atom. The van der Waals surface area contributed by atoms with Crippen molar-refractivity contribution in [3.05, 3.63) is 18.7 Å². The Morgan fingerprint density at radius 2 is 2.06 bits per heavy atom. The predicted octanol–water partition coefficient (Wildman–Crippen LogP) is 0.661. The van der Waals surface area contributed by atoms with Gasteiger partial charge in [0.15, 0.2) is 0 Å². The number of likely N-dealkylation sites (tertiary alicyclic amines) is 1. The molecule has 1 aromatic rings. The van der Waals surface area contributed by atoms with Gasteiger partial charge in [0.1, 0.15) is 6.33 Å². The Kier molecular flexibility index (Phi) is 3.40. The molecule has 0 radical (unpaired) electrons. The first kappa shape index (κ1) is 12.3. The van der Waals surface area contributed by atoms with Crippen molar-refractivity contribution in [2.45, 2.75) is 6.92 Å². The van der Waals surface area contributed by atoms with Gasteiger partial charge in [-0.2, -0.15) is 0 Å². The maximum atomic E-state index is 11.9. The summed E-state index contributed by atoms with van der Waals surface area (Å²) < 4.78 is 0. The highest BCUT2D eigenvalue weighted by molar-refractivity contribution is 5.89. The lowest BCUT2D eigenvalue weighted by Gasteiger charge is -2.16. The van der Waals surface area contributed by atoms with E-state index in [2.05, 4.69) is 15.3 Å². The van der Waals surface area contributed by atoms with Crippen molar-refractivity contribution >= 4 is 17.7 Å². The largest absolute Gasteiger partial charge is 0.481 e. The van der Waals surface area contributed by atoms with Crippen LogP contribution in [0, 0.1) is 11.8 Å². The van der Waals surface area contributed by atoms with E-state index >= 15 is 0 Å². The molecule has 0 saturated carbocycles. The predicted molar refractivity (Wildman–Crippen MR) is 62.9 cm³/mol. The van der Waals surface area contributed by atoms with Crippen LogP contribution >= 0.6 is 0 Å². The number of aromatic nitrogens is 2. The molecule has 2 rings (SSSR count). The maximum absolute atomic E-state index is 11.9. The van der Waals surface area contributed by atoms with E-state index in [1.54, 1.807) is 0 Å². The summed E-state index contributed by atoms with van der Waals surface area (Å²) in [6.07, 6.45) is 4.34. The molecule has 0 aromatic carbocycles. The molecule has 2 atom stereocenters. The second-order valence-electron chi connectivity index (χ2n) is 4.38. The van der Waals surface area contributed by atoms with Gasteiger partial charge in [-0.05, 0) is 5.92 Å². The molecular weight excluding hydrogens is 236 g/mol. The summed E-state index contributed by atoms with van der Waals surface area (Å²) in [4.78, 5) is 31.9. The van der Waals surface area contributed by atoms with Crippen LogP contribution in [0.2, 0.25) is 0 Å². The Balaban J connectivity index is 1.97. The Hall–Kier alpha value is -2.18. The highest BCUT2D eigenvalue weighted by Gasteiger charge is 2.36. The third kappa shape index (κ3) is 2.55. The van der Waals surface area contributed by atoms with Crippen molar-refractivity contribution in [2.24, 2.45) is 11.8 Å². The molecule has 1 aliphatic heterocycles. The van der Waals surface area contributed by atoms with E-state index in [9.17, 15) is 9.59 Å². The average Bonchev–Trinajstić information content (AvgIpc) is 2.73. The zero-order chi connectivity index (χ0) is 13.1. The van der Waals surface area contributed by atoms with E-state index in [0.29, 0.717) is 12.2 Å². The van der Waals surface area contributed by atoms with Gasteiger partial charge in [0.05, 0.1) is 24.0 Å². The van der Waals surface area contributed by atoms with Crippen LogP contribution in [-0.2, 0) is 4.79 Å². The van der Waals surface area contributed by atoms with Crippen molar-refractivity contribution < 1.29 is 14.7 Å². The number of carboxylic acid groups (broad SMARTS) is 1. The number of anilines is 1. The molecular formula is C11H14N4O3. The van der Waals surface area contributed by atoms with Crippen LogP contribution in [-0.4, -0.2) is 45.1 Å². The van der Waals surface area contributed by atoms with Crippen LogP contribution in [0.3, 0.4) is 0 Å². The van der Waals surface area contributed by atoms with Gasteiger partial charge in [-0.3, -0.25) is 4.79 Å². The van der Waals surface area contributed by atoms with Crippen molar-refractivity contribution in [1.82, 2.24) is 14.9 Å². The summed E-state index contributed by atoms with van der Waals surface area (Å²) in [6.45, 7) is 2.50. The molecule has 1 saturated heterocycles. The van der Waals surface area contributed by atoms with E-state index in [1.807, 2.05) is 6.92 Å². The lowest BCUT2D eigenvalue weighted by atomic mass is 9.99. The van der Waals surface area contributed by atoms with Crippen LogP contribution < -0.4 is 5.32 Å². The highest BCUT2D eigenvalue weighted by Crippen LogP contribution is 2.23. The first-order valence-electron chi connectivity index (χ1n) is 5.61. The molecule has 7 nitrogen and oxygen atoms in total. The summed E-state index contributed by atoms with van der Waals surface area (Å²) in [5, 5.41) is 11.6. The minimum atomic E-state index is -0.860. The lowest BCUT2D eigenvalue weighted by Crippen LogP contribution is -2.33. The number of nitrogens with one attached hydrogen (secondary N) is 1. The molecule has 0 aliphatic carbocycles. The molecule has 1 fully saturated rings. The quantitative estimate of drug-likeness (QED) is 0.804. The number of aliphatic carboxylic acids is 1. The molecule has 18 heavy (non-hydrogen) atoms. The number of nitrogens with zero attached hydrogens (tertiary/aromatic N) is 3. The number of hydrogen-bond acceptors (Lipinski definition) is 4. The fourth-order valence-electron chi connectivity index (χ4n) is 2.02. The number of hydrogen-bond donors (Lipinski definition) is 2. The topological polar surface area (TPSA) is 95.4 Å². The molecule has 1 aliphatic rings. The zero-order valence-corrected chi connectivity index (χ0v) is 9.91. The second-order valence-corrected chi connectivity index (χ2v) is 4.38. The summed E-state index contributed by atoms with van der Waals surface area (Å²) in [5.74, 6) is -1.40. The normalized spacial score (nSPS) is 22.8. The number of carbonyl (C=O) groups is 2. The molecule has 2 heterocycles. The van der Waals surface area contributed by atoms with Crippen molar-refractivity contribution in [1.29, 1.82) is 0 Å². The van der Waals surface area contributed by atoms with E-state index in [1.165, 1.54) is 23.6 Å². The fourth-order valence-corrected chi connectivity index (χ4v) is 2.02. The van der Waals surface area contributed by atoms with Crippen LogP contribution in [0.5, 0.6) is 0 Å². The van der Waals surface area contributed by atoms with E-state index in [0.717, 1.165) is 0 Å². The smallest absolute Gasteiger partial charge is 0.321 e. The first-order valence-corrected chi connectivity index (χ1v) is 5.61. The second kappa shape index (κ2) is 4.99. The molecule has 1 aromatic heterocycles. The molecule has 96 valence electrons. The summed E-state index contributed by atoms with van der Waals surface area (Å²) in [6, 6.07) is -0.319. The third-order valence-corrected chi connectivity index (χ3v) is 3.03. The number of urea groups is 1. The van der Waals surface area contributed by atoms with Crippen molar-refractivity contribution in [3.8, 4) is 0 Å². The molecule has 0 unspecified atom stereocenters. The van der Waals surface area contributed by atoms with Crippen molar-refractivity contribution in [3.63, 3.8) is 0 Å². The van der Waals surface area contributed by atoms with Crippen LogP contribution in [0.1, 0.15) is 6.92 Å². The summed E-state index contributed by atoms with van der Waals surface area (Å²) in [5.41, 5.74) is 0.494.